The van der Waals surface area contributed by atoms with Gasteiger partial charge in [-0.15, -0.1) is 11.8 Å². The highest BCUT2D eigenvalue weighted by Gasteiger charge is 2.48. The molecule has 0 aromatic carbocycles. The molecule has 0 spiro atoms. The SMILES string of the molecule is CC(C)C[C@@H]1CCO[C@@H]2[C@H](CN[C@@H]2C(=O)N[C@@H]2CC/C=C\CCSC3OC2C(O)C(O)C3O)C1. The molecule has 4 aliphatic heterocycles. The Morgan fingerprint density at radius 3 is 2.71 bits per heavy atom. The summed E-state index contributed by atoms with van der Waals surface area (Å²) in [5.74, 6) is 2.18. The van der Waals surface area contributed by atoms with E-state index in [2.05, 4.69) is 36.6 Å². The number of carbonyl (C=O) groups is 1. The summed E-state index contributed by atoms with van der Waals surface area (Å²) in [6.07, 6.45) is 4.87. The molecule has 4 heterocycles. The summed E-state index contributed by atoms with van der Waals surface area (Å²) in [5, 5.41) is 38.1. The number of rotatable bonds is 4. The van der Waals surface area contributed by atoms with Crippen molar-refractivity contribution in [1.29, 1.82) is 0 Å². The molecule has 194 valence electrons. The van der Waals surface area contributed by atoms with Crippen molar-refractivity contribution in [3.63, 3.8) is 0 Å². The first-order valence-electron chi connectivity index (χ1n) is 13.0. The van der Waals surface area contributed by atoms with E-state index >= 15 is 0 Å². The normalized spacial score (nSPS) is 44.5. The first-order valence-corrected chi connectivity index (χ1v) is 14.0. The van der Waals surface area contributed by atoms with E-state index in [4.69, 9.17) is 9.47 Å². The number of allylic oxidation sites excluding steroid dienone is 2. The molecule has 5 unspecified atom stereocenters. The summed E-state index contributed by atoms with van der Waals surface area (Å²) in [5.41, 5.74) is -0.647. The number of hydrogen-bond acceptors (Lipinski definition) is 8. The molecule has 3 fully saturated rings. The zero-order valence-corrected chi connectivity index (χ0v) is 21.2. The van der Waals surface area contributed by atoms with E-state index in [1.807, 2.05) is 0 Å². The highest BCUT2D eigenvalue weighted by Crippen LogP contribution is 2.35. The van der Waals surface area contributed by atoms with Gasteiger partial charge in [-0.1, -0.05) is 26.0 Å². The fourth-order valence-corrected chi connectivity index (χ4v) is 7.04. The molecule has 8 nitrogen and oxygen atoms in total. The van der Waals surface area contributed by atoms with Gasteiger partial charge in [0.25, 0.3) is 0 Å². The van der Waals surface area contributed by atoms with Crippen molar-refractivity contribution < 1.29 is 29.6 Å². The Labute approximate surface area is 207 Å². The second-order valence-electron chi connectivity index (χ2n) is 10.8. The molecule has 1 amide bonds. The Balaban J connectivity index is 1.44. The van der Waals surface area contributed by atoms with Gasteiger partial charge in [-0.3, -0.25) is 4.79 Å². The number of nitrogens with one attached hydrogen (secondary N) is 2. The van der Waals surface area contributed by atoms with Gasteiger partial charge in [0.2, 0.25) is 5.91 Å². The van der Waals surface area contributed by atoms with Crippen LogP contribution in [-0.2, 0) is 14.3 Å². The van der Waals surface area contributed by atoms with Crippen molar-refractivity contribution in [3.8, 4) is 0 Å². The third-order valence-corrected chi connectivity index (χ3v) is 8.85. The molecule has 9 heteroatoms. The lowest BCUT2D eigenvalue weighted by Crippen LogP contribution is -2.63. The minimum Gasteiger partial charge on any atom is -0.388 e. The van der Waals surface area contributed by atoms with Crippen molar-refractivity contribution in [3.05, 3.63) is 12.2 Å². The zero-order valence-electron chi connectivity index (χ0n) is 20.3. The summed E-state index contributed by atoms with van der Waals surface area (Å²) in [7, 11) is 0. The van der Waals surface area contributed by atoms with Crippen LogP contribution in [0.5, 0.6) is 0 Å². The van der Waals surface area contributed by atoms with E-state index in [1.165, 1.54) is 18.2 Å². The number of ether oxygens (including phenoxy) is 2. The number of aliphatic hydroxyl groups is 3. The molecule has 0 aliphatic carbocycles. The maximum Gasteiger partial charge on any atom is 0.240 e. The summed E-state index contributed by atoms with van der Waals surface area (Å²) >= 11 is 1.43. The van der Waals surface area contributed by atoms with Gasteiger partial charge in [-0.05, 0) is 62.0 Å². The van der Waals surface area contributed by atoms with E-state index in [1.54, 1.807) is 0 Å². The molecule has 10 atom stereocenters. The molecule has 0 saturated carbocycles. The fraction of sp³-hybridized carbons (Fsp3) is 0.880. The monoisotopic (exact) mass is 498 g/mol. The Hall–Kier alpha value is -0.680. The zero-order chi connectivity index (χ0) is 24.2. The average molecular weight is 499 g/mol. The Morgan fingerprint density at radius 1 is 1.12 bits per heavy atom. The van der Waals surface area contributed by atoms with Crippen LogP contribution < -0.4 is 10.6 Å². The minimum atomic E-state index is -1.32. The highest BCUT2D eigenvalue weighted by molar-refractivity contribution is 7.99. The lowest BCUT2D eigenvalue weighted by Gasteiger charge is -2.43. The van der Waals surface area contributed by atoms with Gasteiger partial charge >= 0.3 is 0 Å². The van der Waals surface area contributed by atoms with Crippen LogP contribution in [0, 0.1) is 17.8 Å². The van der Waals surface area contributed by atoms with Crippen LogP contribution in [0.4, 0.5) is 0 Å². The lowest BCUT2D eigenvalue weighted by atomic mass is 9.85. The molecule has 4 aliphatic rings. The van der Waals surface area contributed by atoms with Crippen LogP contribution in [-0.4, -0.2) is 88.2 Å². The number of thioether (sulfide) groups is 1. The standard InChI is InChI=1S/C25H42N2O6S/c1-14(2)11-15-8-9-32-22-16(12-15)13-26-18(22)24(31)27-17-7-5-3-4-6-10-34-25-21(30)19(28)20(29)23(17)33-25/h3-4,14-23,25-26,28-30H,5-13H2,1-2H3,(H,27,31)/b4-3-/t15-,16-,17+,18-,19?,20?,21?,22+,23?,25?/m0/s1. The first kappa shape index (κ1) is 26.4. The molecule has 0 aromatic heterocycles. The Kier molecular flexibility index (Phi) is 9.34. The maximum atomic E-state index is 13.4. The number of fused-ring (bicyclic) bond motifs is 3. The Morgan fingerprint density at radius 2 is 1.91 bits per heavy atom. The van der Waals surface area contributed by atoms with Crippen LogP contribution in [0.1, 0.15) is 52.4 Å². The Bertz CT molecular complexity index is 709. The molecule has 3 saturated heterocycles. The maximum absolute atomic E-state index is 13.4. The van der Waals surface area contributed by atoms with Crippen LogP contribution in [0.25, 0.3) is 0 Å². The predicted molar refractivity (Wildman–Crippen MR) is 131 cm³/mol. The van der Waals surface area contributed by atoms with Gasteiger partial charge in [0, 0.05) is 13.2 Å². The third-order valence-electron chi connectivity index (χ3n) is 7.66. The number of hydrogen-bond donors (Lipinski definition) is 5. The average Bonchev–Trinajstić information content (AvgIpc) is 3.06. The van der Waals surface area contributed by atoms with Crippen LogP contribution in [0.15, 0.2) is 12.2 Å². The summed E-state index contributed by atoms with van der Waals surface area (Å²) in [4.78, 5) is 13.4. The van der Waals surface area contributed by atoms with E-state index in [-0.39, 0.29) is 12.0 Å². The second kappa shape index (κ2) is 12.0. The van der Waals surface area contributed by atoms with Gasteiger partial charge in [0.1, 0.15) is 35.9 Å². The smallest absolute Gasteiger partial charge is 0.240 e. The predicted octanol–water partition coefficient (Wildman–Crippen LogP) is 1.18. The number of carbonyl (C=O) groups excluding carboxylic acids is 1. The van der Waals surface area contributed by atoms with E-state index in [0.29, 0.717) is 30.8 Å². The van der Waals surface area contributed by atoms with Gasteiger partial charge in [-0.2, -0.15) is 0 Å². The van der Waals surface area contributed by atoms with Crippen LogP contribution >= 0.6 is 11.8 Å². The van der Waals surface area contributed by atoms with Crippen molar-refractivity contribution in [1.82, 2.24) is 10.6 Å². The minimum absolute atomic E-state index is 0.153. The van der Waals surface area contributed by atoms with Gasteiger partial charge in [-0.25, -0.2) is 0 Å². The summed E-state index contributed by atoms with van der Waals surface area (Å²) in [6.45, 7) is 5.94. The van der Waals surface area contributed by atoms with Crippen LogP contribution in [0.3, 0.4) is 0 Å². The second-order valence-corrected chi connectivity index (χ2v) is 12.0. The van der Waals surface area contributed by atoms with Gasteiger partial charge < -0.3 is 35.4 Å². The largest absolute Gasteiger partial charge is 0.388 e. The molecular formula is C25H42N2O6S. The molecule has 0 aromatic rings. The van der Waals surface area contributed by atoms with E-state index in [0.717, 1.165) is 38.0 Å². The first-order chi connectivity index (χ1) is 16.3. The van der Waals surface area contributed by atoms with Crippen molar-refractivity contribution in [2.45, 2.75) is 100 Å². The molecule has 34 heavy (non-hydrogen) atoms. The highest BCUT2D eigenvalue weighted by atomic mass is 32.2. The van der Waals surface area contributed by atoms with Crippen LogP contribution in [0.2, 0.25) is 0 Å². The molecular weight excluding hydrogens is 456 g/mol. The summed E-state index contributed by atoms with van der Waals surface area (Å²) < 4.78 is 12.3. The van der Waals surface area contributed by atoms with Crippen molar-refractivity contribution in [2.75, 3.05) is 18.9 Å². The topological polar surface area (TPSA) is 120 Å². The summed E-state index contributed by atoms with van der Waals surface area (Å²) in [6, 6.07) is -0.936. The van der Waals surface area contributed by atoms with Crippen molar-refractivity contribution >= 4 is 17.7 Å². The molecule has 5 N–H and O–H groups in total. The van der Waals surface area contributed by atoms with E-state index in [9.17, 15) is 20.1 Å². The van der Waals surface area contributed by atoms with E-state index < -0.39 is 41.9 Å². The molecule has 0 radical (unpaired) electrons. The fourth-order valence-electron chi connectivity index (χ4n) is 5.97. The van der Waals surface area contributed by atoms with Crippen molar-refractivity contribution in [2.24, 2.45) is 17.8 Å². The quantitative estimate of drug-likeness (QED) is 0.367. The van der Waals surface area contributed by atoms with Gasteiger partial charge in [0.15, 0.2) is 0 Å². The molecule has 2 bridgehead atoms. The molecule has 4 rings (SSSR count). The number of aliphatic hydroxyl groups excluding tert-OH is 3. The third kappa shape index (κ3) is 6.17. The lowest BCUT2D eigenvalue weighted by molar-refractivity contribution is -0.205. The number of amides is 1. The van der Waals surface area contributed by atoms with Gasteiger partial charge in [0.05, 0.1) is 12.1 Å².